The lowest BCUT2D eigenvalue weighted by atomic mass is 10.1. The molecule has 0 radical (unpaired) electrons. The average molecular weight is 385 g/mol. The summed E-state index contributed by atoms with van der Waals surface area (Å²) in [4.78, 5) is 37.2. The topological polar surface area (TPSA) is 103 Å². The molecule has 2 aromatic heterocycles. The molecule has 9 heteroatoms. The molecule has 0 spiro atoms. The molecule has 3 heterocycles. The van der Waals surface area contributed by atoms with Crippen molar-refractivity contribution < 1.29 is 4.79 Å². The summed E-state index contributed by atoms with van der Waals surface area (Å²) in [6.07, 6.45) is 1.58. The Labute approximate surface area is 159 Å². The molecule has 2 amide bonds. The van der Waals surface area contributed by atoms with Crippen molar-refractivity contribution in [2.45, 2.75) is 13.0 Å². The zero-order valence-corrected chi connectivity index (χ0v) is 15.2. The Hall–Kier alpha value is -3.13. The molecule has 138 valence electrons. The van der Waals surface area contributed by atoms with Crippen molar-refractivity contribution in [2.75, 3.05) is 23.3 Å². The number of rotatable bonds is 4. The second kappa shape index (κ2) is 6.88. The third-order valence-electron chi connectivity index (χ3n) is 4.44. The zero-order chi connectivity index (χ0) is 19.0. The quantitative estimate of drug-likeness (QED) is 0.641. The number of H-pyrrole nitrogens is 1. The van der Waals surface area contributed by atoms with Crippen molar-refractivity contribution in [3.8, 4) is 0 Å². The summed E-state index contributed by atoms with van der Waals surface area (Å²) >= 11 is 6.14. The number of nitrogens with zero attached hydrogens (tertiary/aromatic N) is 3. The fourth-order valence-electron chi connectivity index (χ4n) is 3.06. The Morgan fingerprint density at radius 2 is 2.15 bits per heavy atom. The molecular formula is C18H17ClN6O2. The third-order valence-corrected chi connectivity index (χ3v) is 4.76. The number of anilines is 2. The molecule has 3 N–H and O–H groups in total. The van der Waals surface area contributed by atoms with E-state index in [-0.39, 0.29) is 17.6 Å². The summed E-state index contributed by atoms with van der Waals surface area (Å²) in [5, 5.41) is 7.20. The molecular weight excluding hydrogens is 368 g/mol. The lowest BCUT2D eigenvalue weighted by molar-refractivity contribution is 0.252. The van der Waals surface area contributed by atoms with Gasteiger partial charge in [-0.1, -0.05) is 23.7 Å². The Kier molecular flexibility index (Phi) is 4.41. The molecule has 1 aliphatic rings. The predicted octanol–water partition coefficient (Wildman–Crippen LogP) is 2.67. The van der Waals surface area contributed by atoms with Crippen molar-refractivity contribution in [2.24, 2.45) is 0 Å². The highest BCUT2D eigenvalue weighted by molar-refractivity contribution is 6.35. The lowest BCUT2D eigenvalue weighted by Crippen LogP contribution is -2.28. The number of carbonyl (C=O) groups is 1. The number of urea groups is 1. The minimum Gasteiger partial charge on any atom is -0.347 e. The van der Waals surface area contributed by atoms with Gasteiger partial charge in [0.25, 0.3) is 5.56 Å². The first-order valence-corrected chi connectivity index (χ1v) is 8.87. The van der Waals surface area contributed by atoms with Crippen LogP contribution in [0.1, 0.15) is 18.5 Å². The normalized spacial score (nSPS) is 15.0. The van der Waals surface area contributed by atoms with E-state index in [9.17, 15) is 9.59 Å². The minimum atomic E-state index is -0.347. The smallest absolute Gasteiger partial charge is 0.323 e. The number of halogens is 1. The van der Waals surface area contributed by atoms with E-state index in [1.165, 1.54) is 0 Å². The Balaban J connectivity index is 1.62. The van der Waals surface area contributed by atoms with Gasteiger partial charge in [0.1, 0.15) is 5.82 Å². The summed E-state index contributed by atoms with van der Waals surface area (Å²) in [6.45, 7) is 2.98. The molecule has 0 aliphatic carbocycles. The molecule has 1 saturated heterocycles. The minimum absolute atomic E-state index is 0.185. The van der Waals surface area contributed by atoms with Gasteiger partial charge in [0.2, 0.25) is 5.95 Å². The van der Waals surface area contributed by atoms with Crippen LogP contribution < -0.4 is 21.1 Å². The van der Waals surface area contributed by atoms with E-state index < -0.39 is 0 Å². The Morgan fingerprint density at radius 3 is 2.93 bits per heavy atom. The van der Waals surface area contributed by atoms with Crippen LogP contribution in [0, 0.1) is 0 Å². The number of carbonyl (C=O) groups excluding carboxylic acids is 1. The molecule has 4 rings (SSSR count). The highest BCUT2D eigenvalue weighted by Gasteiger charge is 2.23. The van der Waals surface area contributed by atoms with Gasteiger partial charge in [-0.3, -0.25) is 9.69 Å². The first-order chi connectivity index (χ1) is 13.0. The van der Waals surface area contributed by atoms with Crippen LogP contribution in [0.3, 0.4) is 0 Å². The van der Waals surface area contributed by atoms with Gasteiger partial charge in [-0.2, -0.15) is 4.98 Å². The summed E-state index contributed by atoms with van der Waals surface area (Å²) in [5.41, 5.74) is 0.918. The fraction of sp³-hybridized carbons (Fsp3) is 0.222. The monoisotopic (exact) mass is 384 g/mol. The maximum absolute atomic E-state index is 12.5. The SMILES string of the molecule is C[C@H](Nc1nccc(N2CCNC2=O)n1)c1cc2cccc(Cl)c2[nH]c1=O. The maximum atomic E-state index is 12.5. The second-order valence-corrected chi connectivity index (χ2v) is 6.65. The van der Waals surface area contributed by atoms with E-state index >= 15 is 0 Å². The highest BCUT2D eigenvalue weighted by atomic mass is 35.5. The van der Waals surface area contributed by atoms with Gasteiger partial charge in [-0.15, -0.1) is 0 Å². The number of amides is 2. The molecule has 1 atom stereocenters. The molecule has 0 saturated carbocycles. The standard InChI is InChI=1S/C18H17ClN6O2/c1-10(12-9-11-3-2-4-13(19)15(11)24-16(12)26)22-17-20-6-5-14(23-17)25-8-7-21-18(25)27/h2-6,9-10H,7-8H2,1H3,(H,21,27)(H,24,26)(H,20,22,23)/t10-/m0/s1. The van der Waals surface area contributed by atoms with Gasteiger partial charge in [-0.25, -0.2) is 9.78 Å². The van der Waals surface area contributed by atoms with E-state index in [2.05, 4.69) is 25.6 Å². The second-order valence-electron chi connectivity index (χ2n) is 6.25. The maximum Gasteiger partial charge on any atom is 0.323 e. The number of aromatic nitrogens is 3. The van der Waals surface area contributed by atoms with Crippen LogP contribution >= 0.6 is 11.6 Å². The molecule has 1 fully saturated rings. The van der Waals surface area contributed by atoms with Gasteiger partial charge in [0, 0.05) is 30.2 Å². The van der Waals surface area contributed by atoms with Crippen LogP contribution in [-0.2, 0) is 0 Å². The van der Waals surface area contributed by atoms with Crippen LogP contribution in [0.4, 0.5) is 16.6 Å². The van der Waals surface area contributed by atoms with Gasteiger partial charge in [0.05, 0.1) is 16.6 Å². The summed E-state index contributed by atoms with van der Waals surface area (Å²) < 4.78 is 0. The summed E-state index contributed by atoms with van der Waals surface area (Å²) in [7, 11) is 0. The fourth-order valence-corrected chi connectivity index (χ4v) is 3.29. The molecule has 3 aromatic rings. The van der Waals surface area contributed by atoms with Gasteiger partial charge in [-0.05, 0) is 25.1 Å². The number of benzene rings is 1. The zero-order valence-electron chi connectivity index (χ0n) is 14.5. The predicted molar refractivity (Wildman–Crippen MR) is 104 cm³/mol. The van der Waals surface area contributed by atoms with E-state index in [0.29, 0.717) is 41.0 Å². The van der Waals surface area contributed by atoms with Crippen molar-refractivity contribution in [3.63, 3.8) is 0 Å². The van der Waals surface area contributed by atoms with Crippen LogP contribution in [-0.4, -0.2) is 34.1 Å². The number of hydrogen-bond acceptors (Lipinski definition) is 5. The number of hydrogen-bond donors (Lipinski definition) is 3. The number of nitrogens with one attached hydrogen (secondary N) is 3. The van der Waals surface area contributed by atoms with Crippen molar-refractivity contribution in [1.82, 2.24) is 20.3 Å². The Bertz CT molecular complexity index is 1080. The number of fused-ring (bicyclic) bond motifs is 1. The Morgan fingerprint density at radius 1 is 1.30 bits per heavy atom. The first kappa shape index (κ1) is 17.3. The molecule has 1 aliphatic heterocycles. The lowest BCUT2D eigenvalue weighted by Gasteiger charge is -2.17. The number of para-hydroxylation sites is 1. The summed E-state index contributed by atoms with van der Waals surface area (Å²) in [6, 6.07) is 8.39. The van der Waals surface area contributed by atoms with Crippen LogP contribution in [0.2, 0.25) is 5.02 Å². The molecule has 0 unspecified atom stereocenters. The summed E-state index contributed by atoms with van der Waals surface area (Å²) in [5.74, 6) is 0.846. The van der Waals surface area contributed by atoms with Gasteiger partial charge < -0.3 is 15.6 Å². The van der Waals surface area contributed by atoms with E-state index in [1.54, 1.807) is 29.3 Å². The average Bonchev–Trinajstić information content (AvgIpc) is 3.08. The molecule has 1 aromatic carbocycles. The molecule has 8 nitrogen and oxygen atoms in total. The van der Waals surface area contributed by atoms with Gasteiger partial charge >= 0.3 is 6.03 Å². The number of pyridine rings is 1. The van der Waals surface area contributed by atoms with E-state index in [0.717, 1.165) is 5.39 Å². The van der Waals surface area contributed by atoms with Crippen LogP contribution in [0.15, 0.2) is 41.3 Å². The highest BCUT2D eigenvalue weighted by Crippen LogP contribution is 2.23. The molecule has 0 bridgehead atoms. The first-order valence-electron chi connectivity index (χ1n) is 8.49. The third kappa shape index (κ3) is 3.31. The van der Waals surface area contributed by atoms with Crippen molar-refractivity contribution in [1.29, 1.82) is 0 Å². The van der Waals surface area contributed by atoms with Crippen LogP contribution in [0.25, 0.3) is 10.9 Å². The van der Waals surface area contributed by atoms with Crippen molar-refractivity contribution >= 4 is 40.3 Å². The number of aromatic amines is 1. The van der Waals surface area contributed by atoms with E-state index in [1.807, 2.05) is 19.1 Å². The molecule has 27 heavy (non-hydrogen) atoms. The van der Waals surface area contributed by atoms with Crippen LogP contribution in [0.5, 0.6) is 0 Å². The van der Waals surface area contributed by atoms with Crippen molar-refractivity contribution in [3.05, 3.63) is 57.5 Å². The van der Waals surface area contributed by atoms with Gasteiger partial charge in [0.15, 0.2) is 0 Å². The largest absolute Gasteiger partial charge is 0.347 e. The van der Waals surface area contributed by atoms with E-state index in [4.69, 9.17) is 11.6 Å².